The van der Waals surface area contributed by atoms with E-state index in [9.17, 15) is 9.90 Å². The van der Waals surface area contributed by atoms with Gasteiger partial charge in [-0.15, -0.1) is 0 Å². The Kier molecular flexibility index (Phi) is 3.07. The third-order valence-corrected chi connectivity index (χ3v) is 3.06. The maximum atomic E-state index is 11.9. The number of carbonyl (C=O) groups excluding carboxylic acids is 1. The molecule has 1 saturated heterocycles. The number of hydrogen-bond acceptors (Lipinski definition) is 3. The fraction of sp³-hybridized carbons (Fsp3) is 0.462. The maximum absolute atomic E-state index is 11.9. The average molecular weight is 235 g/mol. The number of amides is 1. The fourth-order valence-electron chi connectivity index (χ4n) is 1.78. The number of hydrogen-bond donors (Lipinski definition) is 2. The first-order valence-electron chi connectivity index (χ1n) is 5.66. The summed E-state index contributed by atoms with van der Waals surface area (Å²) in [6, 6.07) is 5.16. The van der Waals surface area contributed by atoms with Crippen molar-refractivity contribution in [1.29, 1.82) is 0 Å². The largest absolute Gasteiger partial charge is 0.507 e. The molecule has 0 radical (unpaired) electrons. The smallest absolute Gasteiger partial charge is 0.255 e. The number of ether oxygens (including phenoxy) is 1. The lowest BCUT2D eigenvalue weighted by Crippen LogP contribution is -2.48. The van der Waals surface area contributed by atoms with Crippen molar-refractivity contribution in [2.75, 3.05) is 19.8 Å². The molecule has 17 heavy (non-hydrogen) atoms. The van der Waals surface area contributed by atoms with Crippen molar-refractivity contribution >= 4 is 5.91 Å². The van der Waals surface area contributed by atoms with E-state index in [-0.39, 0.29) is 17.1 Å². The number of rotatable bonds is 3. The van der Waals surface area contributed by atoms with Crippen molar-refractivity contribution in [3.63, 3.8) is 0 Å². The number of benzene rings is 1. The van der Waals surface area contributed by atoms with Crippen LogP contribution in [-0.2, 0) is 4.74 Å². The molecular formula is C13H17NO3. The van der Waals surface area contributed by atoms with Crippen molar-refractivity contribution in [3.8, 4) is 5.75 Å². The van der Waals surface area contributed by atoms with Gasteiger partial charge in [-0.2, -0.15) is 0 Å². The number of carbonyl (C=O) groups is 1. The minimum absolute atomic E-state index is 0.0368. The molecule has 1 aromatic rings. The zero-order valence-corrected chi connectivity index (χ0v) is 10.1. The Balaban J connectivity index is 2.02. The molecular weight excluding hydrogens is 218 g/mol. The van der Waals surface area contributed by atoms with Crippen LogP contribution in [0.4, 0.5) is 0 Å². The quantitative estimate of drug-likeness (QED) is 0.834. The molecule has 2 N–H and O–H groups in total. The molecule has 0 unspecified atom stereocenters. The number of aromatic hydroxyl groups is 1. The van der Waals surface area contributed by atoms with Crippen LogP contribution in [0, 0.1) is 12.3 Å². The van der Waals surface area contributed by atoms with E-state index in [1.54, 1.807) is 25.1 Å². The third kappa shape index (κ3) is 2.42. The van der Waals surface area contributed by atoms with Gasteiger partial charge in [-0.3, -0.25) is 4.79 Å². The van der Waals surface area contributed by atoms with Crippen LogP contribution in [0.15, 0.2) is 18.2 Å². The van der Waals surface area contributed by atoms with E-state index in [0.717, 1.165) is 0 Å². The average Bonchev–Trinajstić information content (AvgIpc) is 2.27. The predicted molar refractivity (Wildman–Crippen MR) is 64.1 cm³/mol. The van der Waals surface area contributed by atoms with Crippen molar-refractivity contribution < 1.29 is 14.6 Å². The molecule has 1 amide bonds. The summed E-state index contributed by atoms with van der Waals surface area (Å²) in [5.41, 5.74) is 1.07. The summed E-state index contributed by atoms with van der Waals surface area (Å²) < 4.78 is 5.12. The topological polar surface area (TPSA) is 58.6 Å². The van der Waals surface area contributed by atoms with Gasteiger partial charge in [-0.05, 0) is 18.6 Å². The van der Waals surface area contributed by atoms with Gasteiger partial charge in [-0.25, -0.2) is 0 Å². The van der Waals surface area contributed by atoms with Gasteiger partial charge in [0.1, 0.15) is 5.75 Å². The van der Waals surface area contributed by atoms with Gasteiger partial charge in [0, 0.05) is 12.0 Å². The van der Waals surface area contributed by atoms with Crippen molar-refractivity contribution in [1.82, 2.24) is 5.32 Å². The lowest BCUT2D eigenvalue weighted by Gasteiger charge is -2.38. The second-order valence-electron chi connectivity index (χ2n) is 4.96. The molecule has 0 aliphatic carbocycles. The molecule has 1 aliphatic heterocycles. The second-order valence-corrected chi connectivity index (χ2v) is 4.96. The van der Waals surface area contributed by atoms with Crippen LogP contribution < -0.4 is 5.32 Å². The predicted octanol–water partition coefficient (Wildman–Crippen LogP) is 1.47. The van der Waals surface area contributed by atoms with Gasteiger partial charge in [0.2, 0.25) is 0 Å². The fourth-order valence-corrected chi connectivity index (χ4v) is 1.78. The van der Waals surface area contributed by atoms with Gasteiger partial charge in [0.15, 0.2) is 0 Å². The number of phenolic OH excluding ortho intramolecular Hbond substituents is 1. The van der Waals surface area contributed by atoms with Crippen molar-refractivity contribution in [2.24, 2.45) is 5.41 Å². The molecule has 0 bridgehead atoms. The van der Waals surface area contributed by atoms with E-state index in [1.165, 1.54) is 0 Å². The van der Waals surface area contributed by atoms with Crippen LogP contribution in [0.5, 0.6) is 5.75 Å². The maximum Gasteiger partial charge on any atom is 0.255 e. The van der Waals surface area contributed by atoms with E-state index >= 15 is 0 Å². The SMILES string of the molecule is Cc1cccc(C(=O)NCC2(C)COC2)c1O. The Morgan fingerprint density at radius 1 is 1.53 bits per heavy atom. The van der Waals surface area contributed by atoms with Crippen molar-refractivity contribution in [3.05, 3.63) is 29.3 Å². The molecule has 1 fully saturated rings. The van der Waals surface area contributed by atoms with E-state index < -0.39 is 0 Å². The van der Waals surface area contributed by atoms with Crippen molar-refractivity contribution in [2.45, 2.75) is 13.8 Å². The van der Waals surface area contributed by atoms with Crippen LogP contribution in [-0.4, -0.2) is 30.8 Å². The Morgan fingerprint density at radius 2 is 2.24 bits per heavy atom. The van der Waals surface area contributed by atoms with Gasteiger partial charge >= 0.3 is 0 Å². The molecule has 0 spiro atoms. The molecule has 1 aliphatic rings. The Morgan fingerprint density at radius 3 is 2.82 bits per heavy atom. The second kappa shape index (κ2) is 4.37. The molecule has 4 heteroatoms. The summed E-state index contributed by atoms with van der Waals surface area (Å²) in [7, 11) is 0. The summed E-state index contributed by atoms with van der Waals surface area (Å²) in [5.74, 6) is -0.181. The highest BCUT2D eigenvalue weighted by atomic mass is 16.5. The van der Waals surface area contributed by atoms with Gasteiger partial charge < -0.3 is 15.2 Å². The highest BCUT2D eigenvalue weighted by Gasteiger charge is 2.33. The Hall–Kier alpha value is -1.55. The lowest BCUT2D eigenvalue weighted by molar-refractivity contribution is -0.0978. The minimum Gasteiger partial charge on any atom is -0.507 e. The molecule has 1 aromatic carbocycles. The molecule has 2 rings (SSSR count). The molecule has 0 atom stereocenters. The number of nitrogens with one attached hydrogen (secondary N) is 1. The Bertz CT molecular complexity index is 438. The molecule has 92 valence electrons. The van der Waals surface area contributed by atoms with E-state index in [1.807, 2.05) is 0 Å². The summed E-state index contributed by atoms with van der Waals surface area (Å²) >= 11 is 0. The van der Waals surface area contributed by atoms with Gasteiger partial charge in [0.25, 0.3) is 5.91 Å². The number of para-hydroxylation sites is 1. The highest BCUT2D eigenvalue weighted by molar-refractivity contribution is 5.97. The van der Waals surface area contributed by atoms with Crippen LogP contribution in [0.3, 0.4) is 0 Å². The van der Waals surface area contributed by atoms with Gasteiger partial charge in [-0.1, -0.05) is 19.1 Å². The van der Waals surface area contributed by atoms with Crippen LogP contribution in [0.25, 0.3) is 0 Å². The minimum atomic E-state index is -0.237. The van der Waals surface area contributed by atoms with Crippen LogP contribution in [0.1, 0.15) is 22.8 Å². The normalized spacial score (nSPS) is 17.3. The molecule has 0 aromatic heterocycles. The van der Waals surface area contributed by atoms with E-state index in [0.29, 0.717) is 30.9 Å². The summed E-state index contributed by atoms with van der Waals surface area (Å²) in [6.07, 6.45) is 0. The summed E-state index contributed by atoms with van der Waals surface area (Å²) in [5, 5.41) is 12.6. The monoisotopic (exact) mass is 235 g/mol. The standard InChI is InChI=1S/C13H17NO3/c1-9-4-3-5-10(11(9)15)12(16)14-6-13(2)7-17-8-13/h3-5,15H,6-8H2,1-2H3,(H,14,16). The zero-order valence-electron chi connectivity index (χ0n) is 10.1. The number of phenols is 1. The first-order valence-corrected chi connectivity index (χ1v) is 5.66. The third-order valence-electron chi connectivity index (χ3n) is 3.06. The van der Waals surface area contributed by atoms with E-state index in [2.05, 4.69) is 12.2 Å². The summed E-state index contributed by atoms with van der Waals surface area (Å²) in [4.78, 5) is 11.9. The summed E-state index contributed by atoms with van der Waals surface area (Å²) in [6.45, 7) is 5.75. The van der Waals surface area contributed by atoms with E-state index in [4.69, 9.17) is 4.74 Å². The van der Waals surface area contributed by atoms with Gasteiger partial charge in [0.05, 0.1) is 18.8 Å². The Labute approximate surface area is 101 Å². The first kappa shape index (κ1) is 11.9. The molecule has 1 heterocycles. The number of aryl methyl sites for hydroxylation is 1. The lowest BCUT2D eigenvalue weighted by atomic mass is 9.88. The van der Waals surface area contributed by atoms with Crippen LogP contribution in [0.2, 0.25) is 0 Å². The van der Waals surface area contributed by atoms with Crippen LogP contribution >= 0.6 is 0 Å². The first-order chi connectivity index (χ1) is 8.02. The highest BCUT2D eigenvalue weighted by Crippen LogP contribution is 2.26. The molecule has 0 saturated carbocycles. The molecule has 4 nitrogen and oxygen atoms in total. The zero-order chi connectivity index (χ0) is 12.5.